The number of amides is 1. The van der Waals surface area contributed by atoms with E-state index in [2.05, 4.69) is 5.32 Å². The van der Waals surface area contributed by atoms with E-state index in [1.54, 1.807) is 37.3 Å². The molecule has 1 heterocycles. The first-order valence-corrected chi connectivity index (χ1v) is 14.2. The quantitative estimate of drug-likeness (QED) is 0.492. The van der Waals surface area contributed by atoms with Crippen LogP contribution >= 0.6 is 11.6 Å². The predicted molar refractivity (Wildman–Crippen MR) is 138 cm³/mol. The second-order valence-corrected chi connectivity index (χ2v) is 12.6. The Kier molecular flexibility index (Phi) is 6.81. The van der Waals surface area contributed by atoms with Gasteiger partial charge in [0.05, 0.1) is 22.0 Å². The molecule has 0 saturated heterocycles. The van der Waals surface area contributed by atoms with Gasteiger partial charge in [0.1, 0.15) is 0 Å². The summed E-state index contributed by atoms with van der Waals surface area (Å²) in [6.45, 7) is 1.86. The topological polar surface area (TPSA) is 104 Å². The van der Waals surface area contributed by atoms with E-state index in [0.29, 0.717) is 40.6 Å². The van der Waals surface area contributed by atoms with Gasteiger partial charge in [-0.15, -0.1) is 0 Å². The van der Waals surface area contributed by atoms with Crippen molar-refractivity contribution in [2.45, 2.75) is 18.2 Å². The number of benzene rings is 3. The fourth-order valence-electron chi connectivity index (χ4n) is 3.79. The van der Waals surface area contributed by atoms with Gasteiger partial charge in [0.2, 0.25) is 10.0 Å². The minimum Gasteiger partial charge on any atom is -0.322 e. The molecule has 0 unspecified atom stereocenters. The van der Waals surface area contributed by atoms with Gasteiger partial charge in [-0.3, -0.25) is 13.4 Å². The van der Waals surface area contributed by atoms with Crippen LogP contribution in [0.15, 0.2) is 71.6 Å². The van der Waals surface area contributed by atoms with Crippen molar-refractivity contribution in [1.29, 1.82) is 0 Å². The third kappa shape index (κ3) is 5.00. The zero-order valence-corrected chi connectivity index (χ0v) is 21.5. The summed E-state index contributed by atoms with van der Waals surface area (Å²) in [6.07, 6.45) is 0.562. The Balaban J connectivity index is 1.54. The molecule has 0 bridgehead atoms. The molecule has 1 aliphatic rings. The lowest BCUT2D eigenvalue weighted by Crippen LogP contribution is -2.29. The molecule has 1 amide bonds. The second kappa shape index (κ2) is 9.52. The van der Waals surface area contributed by atoms with Crippen LogP contribution < -0.4 is 13.9 Å². The number of nitrogens with one attached hydrogen (secondary N) is 1. The van der Waals surface area contributed by atoms with E-state index in [4.69, 9.17) is 11.6 Å². The SMILES string of the molecule is CCS(=O)(=O)N(C)c1ccc(C(=O)Nc2ccc3c(c2)N(S(=O)(=O)c2ccc(Cl)cc2)CC3)cc1. The van der Waals surface area contributed by atoms with Crippen LogP contribution in [-0.2, 0) is 26.5 Å². The molecule has 0 aliphatic carbocycles. The van der Waals surface area contributed by atoms with E-state index in [-0.39, 0.29) is 10.6 Å². The molecule has 8 nitrogen and oxygen atoms in total. The number of halogens is 1. The van der Waals surface area contributed by atoms with Crippen molar-refractivity contribution in [3.8, 4) is 0 Å². The summed E-state index contributed by atoms with van der Waals surface area (Å²) < 4.78 is 53.0. The molecule has 4 rings (SSSR count). The molecule has 1 aliphatic heterocycles. The number of nitrogens with zero attached hydrogens (tertiary/aromatic N) is 2. The lowest BCUT2D eigenvalue weighted by Gasteiger charge is -2.20. The number of hydrogen-bond donors (Lipinski definition) is 1. The fraction of sp³-hybridized carbons (Fsp3) is 0.208. The van der Waals surface area contributed by atoms with Crippen LogP contribution in [0.4, 0.5) is 17.1 Å². The average molecular weight is 534 g/mol. The lowest BCUT2D eigenvalue weighted by molar-refractivity contribution is 0.102. The number of carbonyl (C=O) groups excluding carboxylic acids is 1. The molecular formula is C24H24ClN3O5S2. The molecule has 0 radical (unpaired) electrons. The zero-order valence-electron chi connectivity index (χ0n) is 19.1. The van der Waals surface area contributed by atoms with E-state index in [0.717, 1.165) is 5.56 Å². The van der Waals surface area contributed by atoms with E-state index in [1.807, 2.05) is 0 Å². The first-order valence-electron chi connectivity index (χ1n) is 10.8. The highest BCUT2D eigenvalue weighted by Crippen LogP contribution is 2.35. The summed E-state index contributed by atoms with van der Waals surface area (Å²) in [7, 11) is -5.73. The molecule has 3 aromatic carbocycles. The first kappa shape index (κ1) is 25.0. The monoisotopic (exact) mass is 533 g/mol. The van der Waals surface area contributed by atoms with E-state index in [9.17, 15) is 21.6 Å². The molecule has 0 saturated carbocycles. The van der Waals surface area contributed by atoms with Crippen LogP contribution in [0.3, 0.4) is 0 Å². The number of sulfonamides is 2. The Morgan fingerprint density at radius 3 is 2.29 bits per heavy atom. The van der Waals surface area contributed by atoms with Crippen molar-refractivity contribution in [1.82, 2.24) is 0 Å². The van der Waals surface area contributed by atoms with Crippen molar-refractivity contribution in [3.05, 3.63) is 82.9 Å². The normalized spacial score (nSPS) is 13.4. The van der Waals surface area contributed by atoms with Gasteiger partial charge < -0.3 is 5.32 Å². The summed E-state index contributed by atoms with van der Waals surface area (Å²) in [5, 5.41) is 3.23. The highest BCUT2D eigenvalue weighted by molar-refractivity contribution is 7.93. The predicted octanol–water partition coefficient (Wildman–Crippen LogP) is 4.13. The van der Waals surface area contributed by atoms with Gasteiger partial charge >= 0.3 is 0 Å². The van der Waals surface area contributed by atoms with Crippen molar-refractivity contribution >= 4 is 54.6 Å². The van der Waals surface area contributed by atoms with Gasteiger partial charge in [-0.25, -0.2) is 16.8 Å². The summed E-state index contributed by atoms with van der Waals surface area (Å²) >= 11 is 5.90. The molecule has 35 heavy (non-hydrogen) atoms. The average Bonchev–Trinajstić information content (AvgIpc) is 3.28. The summed E-state index contributed by atoms with van der Waals surface area (Å²) in [4.78, 5) is 12.9. The second-order valence-electron chi connectivity index (χ2n) is 7.99. The van der Waals surface area contributed by atoms with Crippen molar-refractivity contribution < 1.29 is 21.6 Å². The van der Waals surface area contributed by atoms with Crippen LogP contribution in [0.25, 0.3) is 0 Å². The van der Waals surface area contributed by atoms with Crippen molar-refractivity contribution in [3.63, 3.8) is 0 Å². The van der Waals surface area contributed by atoms with Gasteiger partial charge in [0, 0.05) is 29.9 Å². The molecule has 0 aromatic heterocycles. The zero-order chi connectivity index (χ0) is 25.4. The summed E-state index contributed by atoms with van der Waals surface area (Å²) in [6, 6.07) is 17.4. The van der Waals surface area contributed by atoms with Crippen molar-refractivity contribution in [2.75, 3.05) is 33.3 Å². The van der Waals surface area contributed by atoms with Gasteiger partial charge in [-0.05, 0) is 79.6 Å². The standard InChI is InChI=1S/C24H24ClN3O5S2/c1-3-34(30,31)27(2)21-10-5-18(6-11-21)24(29)26-20-9-4-17-14-15-28(23(17)16-20)35(32,33)22-12-7-19(25)8-13-22/h4-13,16H,3,14-15H2,1-2H3,(H,26,29). The number of fused-ring (bicyclic) bond motifs is 1. The Hall–Kier alpha value is -3.08. The Morgan fingerprint density at radius 1 is 1.00 bits per heavy atom. The van der Waals surface area contributed by atoms with Crippen LogP contribution in [0.5, 0.6) is 0 Å². The Morgan fingerprint density at radius 2 is 1.66 bits per heavy atom. The maximum Gasteiger partial charge on any atom is 0.264 e. The fourth-order valence-corrected chi connectivity index (χ4v) is 6.24. The maximum absolute atomic E-state index is 13.2. The minimum absolute atomic E-state index is 0.0329. The molecular weight excluding hydrogens is 510 g/mol. The molecule has 0 spiro atoms. The number of carbonyl (C=O) groups is 1. The van der Waals surface area contributed by atoms with Crippen LogP contribution in [0.1, 0.15) is 22.8 Å². The van der Waals surface area contributed by atoms with Gasteiger partial charge in [-0.2, -0.15) is 0 Å². The number of hydrogen-bond acceptors (Lipinski definition) is 5. The van der Waals surface area contributed by atoms with E-state index < -0.39 is 26.0 Å². The van der Waals surface area contributed by atoms with Gasteiger partial charge in [0.15, 0.2) is 0 Å². The summed E-state index contributed by atoms with van der Waals surface area (Å²) in [5.41, 5.74) is 2.61. The number of anilines is 3. The van der Waals surface area contributed by atoms with Gasteiger partial charge in [0.25, 0.3) is 15.9 Å². The highest BCUT2D eigenvalue weighted by Gasteiger charge is 2.31. The molecule has 0 atom stereocenters. The molecule has 1 N–H and O–H groups in total. The largest absolute Gasteiger partial charge is 0.322 e. The van der Waals surface area contributed by atoms with Gasteiger partial charge in [-0.1, -0.05) is 17.7 Å². The third-order valence-electron chi connectivity index (χ3n) is 5.87. The summed E-state index contributed by atoms with van der Waals surface area (Å²) in [5.74, 6) is -0.433. The molecule has 0 fully saturated rings. The lowest BCUT2D eigenvalue weighted by atomic mass is 10.1. The molecule has 11 heteroatoms. The highest BCUT2D eigenvalue weighted by atomic mass is 35.5. The van der Waals surface area contributed by atoms with E-state index in [1.165, 1.54) is 52.1 Å². The van der Waals surface area contributed by atoms with Crippen molar-refractivity contribution in [2.24, 2.45) is 0 Å². The smallest absolute Gasteiger partial charge is 0.264 e. The molecule has 184 valence electrons. The Bertz CT molecular complexity index is 1470. The van der Waals surface area contributed by atoms with E-state index >= 15 is 0 Å². The Labute approximate surface area is 210 Å². The minimum atomic E-state index is -3.79. The third-order valence-corrected chi connectivity index (χ3v) is 9.73. The maximum atomic E-state index is 13.2. The van der Waals surface area contributed by atoms with Crippen LogP contribution in [0, 0.1) is 0 Å². The van der Waals surface area contributed by atoms with Crippen LogP contribution in [-0.4, -0.2) is 42.1 Å². The first-order chi connectivity index (χ1) is 16.5. The number of rotatable bonds is 7. The van der Waals surface area contributed by atoms with Crippen LogP contribution in [0.2, 0.25) is 5.02 Å². The molecule has 3 aromatic rings.